The molecule has 1 aliphatic rings. The summed E-state index contributed by atoms with van der Waals surface area (Å²) in [7, 11) is 0. The Kier molecular flexibility index (Phi) is 2.91. The van der Waals surface area contributed by atoms with Gasteiger partial charge in [-0.2, -0.15) is 0 Å². The molecule has 0 amide bonds. The van der Waals surface area contributed by atoms with E-state index in [0.29, 0.717) is 5.56 Å². The molecule has 0 spiro atoms. The normalized spacial score (nSPS) is 16.8. The number of non-ortho nitro benzene ring substituents is 1. The fourth-order valence-corrected chi connectivity index (χ4v) is 2.39. The Labute approximate surface area is 115 Å². The van der Waals surface area contributed by atoms with Gasteiger partial charge in [0.1, 0.15) is 0 Å². The van der Waals surface area contributed by atoms with Crippen molar-refractivity contribution in [3.05, 3.63) is 81.4 Å². The fraction of sp³-hybridized carbons (Fsp3) is 0.0625. The van der Waals surface area contributed by atoms with Crippen LogP contribution in [0.15, 0.2) is 54.6 Å². The lowest BCUT2D eigenvalue weighted by molar-refractivity contribution is -0.384. The van der Waals surface area contributed by atoms with Crippen LogP contribution < -0.4 is 0 Å². The van der Waals surface area contributed by atoms with Crippen molar-refractivity contribution >= 4 is 17.5 Å². The molecule has 3 rings (SSSR count). The van der Waals surface area contributed by atoms with Crippen LogP contribution in [0.3, 0.4) is 0 Å². The summed E-state index contributed by atoms with van der Waals surface area (Å²) in [6.07, 6.45) is 3.76. The van der Waals surface area contributed by atoms with Gasteiger partial charge in [0.05, 0.1) is 10.8 Å². The number of carbonyl (C=O) groups is 1. The molecule has 1 aliphatic carbocycles. The molecule has 1 unspecified atom stereocenters. The van der Waals surface area contributed by atoms with Gasteiger partial charge >= 0.3 is 0 Å². The first kappa shape index (κ1) is 12.3. The second kappa shape index (κ2) is 4.74. The molecular formula is C16H11NO3. The molecule has 2 aromatic carbocycles. The van der Waals surface area contributed by atoms with Gasteiger partial charge in [-0.05, 0) is 11.1 Å². The van der Waals surface area contributed by atoms with Crippen molar-refractivity contribution in [3.63, 3.8) is 0 Å². The quantitative estimate of drug-likeness (QED) is 0.615. The standard InChI is InChI=1S/C16H11NO3/c18-16-14-4-2-1-3-11(14)7-10-15(16)12-5-8-13(9-6-12)17(19)20/h1-10,15H. The number of allylic oxidation sites excluding steroid dienone is 1. The first-order valence-corrected chi connectivity index (χ1v) is 6.22. The minimum Gasteiger partial charge on any atom is -0.293 e. The van der Waals surface area contributed by atoms with E-state index in [1.165, 1.54) is 12.1 Å². The molecule has 0 bridgehead atoms. The number of rotatable bonds is 2. The number of carbonyl (C=O) groups excluding carboxylic acids is 1. The molecule has 0 N–H and O–H groups in total. The van der Waals surface area contributed by atoms with Crippen LogP contribution in [-0.4, -0.2) is 10.7 Å². The van der Waals surface area contributed by atoms with Gasteiger partial charge in [-0.1, -0.05) is 48.6 Å². The molecule has 2 aromatic rings. The molecule has 0 saturated carbocycles. The van der Waals surface area contributed by atoms with E-state index in [9.17, 15) is 14.9 Å². The van der Waals surface area contributed by atoms with E-state index in [0.717, 1.165) is 11.1 Å². The zero-order valence-corrected chi connectivity index (χ0v) is 10.5. The Morgan fingerprint density at radius 2 is 1.70 bits per heavy atom. The Bertz CT molecular complexity index is 717. The minimum atomic E-state index is -0.447. The van der Waals surface area contributed by atoms with E-state index in [4.69, 9.17) is 0 Å². The van der Waals surface area contributed by atoms with Crippen molar-refractivity contribution in [2.24, 2.45) is 0 Å². The third-order valence-corrected chi connectivity index (χ3v) is 3.44. The number of fused-ring (bicyclic) bond motifs is 1. The lowest BCUT2D eigenvalue weighted by atomic mass is 9.84. The smallest absolute Gasteiger partial charge is 0.269 e. The number of nitrogens with zero attached hydrogens (tertiary/aromatic N) is 1. The Hall–Kier alpha value is -2.75. The van der Waals surface area contributed by atoms with Gasteiger partial charge in [0, 0.05) is 17.7 Å². The van der Waals surface area contributed by atoms with E-state index >= 15 is 0 Å². The summed E-state index contributed by atoms with van der Waals surface area (Å²) in [5.74, 6) is -0.345. The predicted octanol–water partition coefficient (Wildman–Crippen LogP) is 3.59. The van der Waals surface area contributed by atoms with Gasteiger partial charge in [-0.25, -0.2) is 0 Å². The number of ketones is 1. The van der Waals surface area contributed by atoms with Gasteiger partial charge in [-0.3, -0.25) is 14.9 Å². The van der Waals surface area contributed by atoms with Gasteiger partial charge in [0.25, 0.3) is 5.69 Å². The highest BCUT2D eigenvalue weighted by Gasteiger charge is 2.24. The van der Waals surface area contributed by atoms with Crippen LogP contribution in [0.5, 0.6) is 0 Å². The van der Waals surface area contributed by atoms with Crippen molar-refractivity contribution in [2.45, 2.75) is 5.92 Å². The summed E-state index contributed by atoms with van der Waals surface area (Å²) >= 11 is 0. The molecule has 0 aliphatic heterocycles. The van der Waals surface area contributed by atoms with Crippen LogP contribution >= 0.6 is 0 Å². The number of nitro benzene ring substituents is 1. The fourth-order valence-electron chi connectivity index (χ4n) is 2.39. The Balaban J connectivity index is 1.97. The van der Waals surface area contributed by atoms with E-state index in [2.05, 4.69) is 0 Å². The highest BCUT2D eigenvalue weighted by molar-refractivity contribution is 6.07. The van der Waals surface area contributed by atoms with Crippen molar-refractivity contribution < 1.29 is 9.72 Å². The van der Waals surface area contributed by atoms with Crippen LogP contribution in [0.25, 0.3) is 6.08 Å². The molecule has 0 radical (unpaired) electrons. The van der Waals surface area contributed by atoms with Crippen molar-refractivity contribution in [1.29, 1.82) is 0 Å². The molecule has 20 heavy (non-hydrogen) atoms. The SMILES string of the molecule is O=C1c2ccccc2C=CC1c1ccc([N+](=O)[O-])cc1. The number of benzene rings is 2. The molecular weight excluding hydrogens is 254 g/mol. The number of hydrogen-bond acceptors (Lipinski definition) is 3. The summed E-state index contributed by atoms with van der Waals surface area (Å²) in [6.45, 7) is 0. The highest BCUT2D eigenvalue weighted by atomic mass is 16.6. The number of Topliss-reactive ketones (excluding diaryl/α,β-unsaturated/α-hetero) is 1. The van der Waals surface area contributed by atoms with Crippen LogP contribution in [0.4, 0.5) is 5.69 Å². The van der Waals surface area contributed by atoms with Crippen LogP contribution in [0.1, 0.15) is 27.4 Å². The zero-order chi connectivity index (χ0) is 14.1. The Morgan fingerprint density at radius 1 is 1.00 bits per heavy atom. The molecule has 0 saturated heterocycles. The highest BCUT2D eigenvalue weighted by Crippen LogP contribution is 2.30. The second-order valence-corrected chi connectivity index (χ2v) is 4.64. The van der Waals surface area contributed by atoms with Crippen LogP contribution in [0, 0.1) is 10.1 Å². The van der Waals surface area contributed by atoms with Crippen molar-refractivity contribution in [2.75, 3.05) is 0 Å². The maximum atomic E-state index is 12.5. The summed E-state index contributed by atoms with van der Waals surface area (Å²) in [4.78, 5) is 22.6. The predicted molar refractivity (Wildman–Crippen MR) is 75.6 cm³/mol. The van der Waals surface area contributed by atoms with Crippen LogP contribution in [0.2, 0.25) is 0 Å². The minimum absolute atomic E-state index is 0.0250. The average Bonchev–Trinajstić information content (AvgIpc) is 2.48. The monoisotopic (exact) mass is 265 g/mol. The number of nitro groups is 1. The molecule has 0 aromatic heterocycles. The first-order valence-electron chi connectivity index (χ1n) is 6.22. The van der Waals surface area contributed by atoms with Crippen molar-refractivity contribution in [3.8, 4) is 0 Å². The maximum Gasteiger partial charge on any atom is 0.269 e. The summed E-state index contributed by atoms with van der Waals surface area (Å²) in [6, 6.07) is 13.6. The van der Waals surface area contributed by atoms with E-state index in [1.54, 1.807) is 18.2 Å². The third kappa shape index (κ3) is 2.01. The zero-order valence-electron chi connectivity index (χ0n) is 10.5. The van der Waals surface area contributed by atoms with Crippen molar-refractivity contribution in [1.82, 2.24) is 0 Å². The summed E-state index contributed by atoms with van der Waals surface area (Å²) < 4.78 is 0. The molecule has 0 heterocycles. The lowest BCUT2D eigenvalue weighted by Crippen LogP contribution is -2.15. The molecule has 98 valence electrons. The molecule has 4 heteroatoms. The average molecular weight is 265 g/mol. The van der Waals surface area contributed by atoms with Gasteiger partial charge in [0.2, 0.25) is 0 Å². The molecule has 1 atom stereocenters. The summed E-state index contributed by atoms with van der Waals surface area (Å²) in [5, 5.41) is 10.6. The molecule has 4 nitrogen and oxygen atoms in total. The maximum absolute atomic E-state index is 12.5. The van der Waals surface area contributed by atoms with Gasteiger partial charge < -0.3 is 0 Å². The largest absolute Gasteiger partial charge is 0.293 e. The Morgan fingerprint density at radius 3 is 2.40 bits per heavy atom. The van der Waals surface area contributed by atoms with E-state index < -0.39 is 4.92 Å². The second-order valence-electron chi connectivity index (χ2n) is 4.64. The lowest BCUT2D eigenvalue weighted by Gasteiger charge is -2.18. The van der Waals surface area contributed by atoms with E-state index in [1.807, 2.05) is 30.4 Å². The van der Waals surface area contributed by atoms with E-state index in [-0.39, 0.29) is 17.4 Å². The number of hydrogen-bond donors (Lipinski definition) is 0. The van der Waals surface area contributed by atoms with Gasteiger partial charge in [-0.15, -0.1) is 0 Å². The first-order chi connectivity index (χ1) is 9.66. The third-order valence-electron chi connectivity index (χ3n) is 3.44. The molecule has 0 fully saturated rings. The van der Waals surface area contributed by atoms with Gasteiger partial charge in [0.15, 0.2) is 5.78 Å². The summed E-state index contributed by atoms with van der Waals surface area (Å²) in [5.41, 5.74) is 2.40. The topological polar surface area (TPSA) is 60.2 Å². The van der Waals surface area contributed by atoms with Crippen LogP contribution in [-0.2, 0) is 0 Å².